The van der Waals surface area contributed by atoms with Gasteiger partial charge in [-0.15, -0.1) is 11.3 Å². The van der Waals surface area contributed by atoms with Gasteiger partial charge in [0.25, 0.3) is 0 Å². The molecule has 0 radical (unpaired) electrons. The zero-order valence-corrected chi connectivity index (χ0v) is 17.2. The fraction of sp³-hybridized carbons (Fsp3) is 0.120. The Labute approximate surface area is 172 Å². The molecule has 1 nitrogen and oxygen atoms in total. The first-order valence-corrected chi connectivity index (χ1v) is 10.7. The largest absolute Gasteiger partial charge is 0.355 e. The predicted octanol–water partition coefficient (Wildman–Crippen LogP) is 8.24. The van der Waals surface area contributed by atoms with Crippen molar-refractivity contribution < 1.29 is 0 Å². The molecule has 0 aliphatic carbocycles. The highest BCUT2D eigenvalue weighted by Gasteiger charge is 2.36. The summed E-state index contributed by atoms with van der Waals surface area (Å²) in [5, 5.41) is 9.46. The lowest BCUT2D eigenvalue weighted by atomic mass is 9.73. The molecule has 1 aromatic heterocycles. The number of benzene rings is 4. The van der Waals surface area contributed by atoms with E-state index in [1.54, 1.807) is 0 Å². The summed E-state index contributed by atoms with van der Waals surface area (Å²) in [5.41, 5.74) is 4.85. The number of fused-ring (bicyclic) bond motifs is 7. The summed E-state index contributed by atoms with van der Waals surface area (Å²) >= 11 is 8.64. The third-order valence-electron chi connectivity index (χ3n) is 6.06. The summed E-state index contributed by atoms with van der Waals surface area (Å²) in [7, 11) is 0. The van der Waals surface area contributed by atoms with Crippen molar-refractivity contribution in [2.45, 2.75) is 19.3 Å². The highest BCUT2D eigenvalue weighted by Crippen LogP contribution is 2.53. The van der Waals surface area contributed by atoms with Crippen LogP contribution in [0.1, 0.15) is 25.0 Å². The van der Waals surface area contributed by atoms with Crippen LogP contribution in [0.25, 0.3) is 30.9 Å². The van der Waals surface area contributed by atoms with Gasteiger partial charge in [-0.3, -0.25) is 0 Å². The molecule has 136 valence electrons. The zero-order chi connectivity index (χ0) is 19.0. The second kappa shape index (κ2) is 5.50. The first kappa shape index (κ1) is 16.4. The van der Waals surface area contributed by atoms with Gasteiger partial charge in [0, 0.05) is 42.5 Å². The molecule has 28 heavy (non-hydrogen) atoms. The fourth-order valence-corrected chi connectivity index (χ4v) is 6.51. The van der Waals surface area contributed by atoms with Crippen LogP contribution in [0.2, 0.25) is 5.02 Å². The maximum absolute atomic E-state index is 6.80. The van der Waals surface area contributed by atoms with Crippen molar-refractivity contribution in [2.75, 3.05) is 5.32 Å². The van der Waals surface area contributed by atoms with Gasteiger partial charge in [0.1, 0.15) is 0 Å². The maximum Gasteiger partial charge on any atom is 0.0520 e. The van der Waals surface area contributed by atoms with Gasteiger partial charge in [-0.25, -0.2) is 0 Å². The fourth-order valence-electron chi connectivity index (χ4n) is 4.71. The van der Waals surface area contributed by atoms with Crippen LogP contribution in [0.4, 0.5) is 11.4 Å². The molecular weight excluding hydrogens is 382 g/mol. The van der Waals surface area contributed by atoms with Gasteiger partial charge in [0.05, 0.1) is 5.02 Å². The third-order valence-corrected chi connectivity index (χ3v) is 7.54. The molecule has 1 aliphatic heterocycles. The minimum atomic E-state index is -0.121. The molecule has 0 saturated heterocycles. The molecule has 1 aliphatic rings. The average molecular weight is 400 g/mol. The first-order valence-electron chi connectivity index (χ1n) is 9.48. The Morgan fingerprint density at radius 1 is 0.857 bits per heavy atom. The monoisotopic (exact) mass is 399 g/mol. The number of halogens is 1. The SMILES string of the molecule is CC1(C)c2cc3ccccc3cc2Nc2cc(Cl)c3c(sc4ccccc43)c21. The maximum atomic E-state index is 6.80. The Balaban J connectivity index is 1.73. The van der Waals surface area contributed by atoms with Crippen LogP contribution in [-0.2, 0) is 5.41 Å². The van der Waals surface area contributed by atoms with E-state index >= 15 is 0 Å². The van der Waals surface area contributed by atoms with E-state index in [-0.39, 0.29) is 5.41 Å². The number of nitrogens with one attached hydrogen (secondary N) is 1. The van der Waals surface area contributed by atoms with Gasteiger partial charge in [0.2, 0.25) is 0 Å². The van der Waals surface area contributed by atoms with Crippen molar-refractivity contribution in [3.63, 3.8) is 0 Å². The van der Waals surface area contributed by atoms with Crippen molar-refractivity contribution in [2.24, 2.45) is 0 Å². The smallest absolute Gasteiger partial charge is 0.0520 e. The molecule has 2 heterocycles. The molecular formula is C25H18ClNS. The molecule has 3 heteroatoms. The van der Waals surface area contributed by atoms with Crippen molar-refractivity contribution in [3.05, 3.63) is 82.9 Å². The quantitative estimate of drug-likeness (QED) is 0.276. The van der Waals surface area contributed by atoms with Gasteiger partial charge in [-0.05, 0) is 40.6 Å². The van der Waals surface area contributed by atoms with E-state index in [1.807, 2.05) is 11.3 Å². The van der Waals surface area contributed by atoms with Crippen molar-refractivity contribution >= 4 is 65.3 Å². The van der Waals surface area contributed by atoms with Crippen LogP contribution in [0, 0.1) is 0 Å². The number of rotatable bonds is 0. The Morgan fingerprint density at radius 2 is 1.57 bits per heavy atom. The van der Waals surface area contributed by atoms with Crippen LogP contribution < -0.4 is 5.32 Å². The van der Waals surface area contributed by atoms with Crippen LogP contribution in [0.3, 0.4) is 0 Å². The highest BCUT2D eigenvalue weighted by molar-refractivity contribution is 7.26. The number of anilines is 2. The third kappa shape index (κ3) is 2.08. The Hall–Kier alpha value is -2.55. The zero-order valence-electron chi connectivity index (χ0n) is 15.6. The molecule has 0 unspecified atom stereocenters. The predicted molar refractivity (Wildman–Crippen MR) is 124 cm³/mol. The molecule has 0 spiro atoms. The van der Waals surface area contributed by atoms with Gasteiger partial charge in [0.15, 0.2) is 0 Å². The van der Waals surface area contributed by atoms with Gasteiger partial charge in [-0.2, -0.15) is 0 Å². The molecule has 0 fully saturated rings. The van der Waals surface area contributed by atoms with Crippen LogP contribution in [0.15, 0.2) is 66.7 Å². The molecule has 4 aromatic carbocycles. The summed E-state index contributed by atoms with van der Waals surface area (Å²) in [6.07, 6.45) is 0. The topological polar surface area (TPSA) is 12.0 Å². The van der Waals surface area contributed by atoms with Gasteiger partial charge in [-0.1, -0.05) is 67.9 Å². The van der Waals surface area contributed by atoms with Crippen molar-refractivity contribution in [1.29, 1.82) is 0 Å². The summed E-state index contributed by atoms with van der Waals surface area (Å²) < 4.78 is 2.58. The van der Waals surface area contributed by atoms with Crippen LogP contribution in [-0.4, -0.2) is 0 Å². The molecule has 0 amide bonds. The Bertz CT molecular complexity index is 1430. The molecule has 0 atom stereocenters. The lowest BCUT2D eigenvalue weighted by molar-refractivity contribution is 0.646. The summed E-state index contributed by atoms with van der Waals surface area (Å²) in [4.78, 5) is 0. The molecule has 5 aromatic rings. The molecule has 0 saturated carbocycles. The van der Waals surface area contributed by atoms with E-state index in [0.29, 0.717) is 0 Å². The van der Waals surface area contributed by atoms with E-state index in [4.69, 9.17) is 11.6 Å². The standard InChI is InChI=1S/C25H18ClNS/c1-25(2)17-11-14-7-3-4-8-15(14)12-19(17)27-20-13-18(26)22-16-9-5-6-10-21(16)28-24(22)23(20)25/h3-13,27H,1-2H3. The summed E-state index contributed by atoms with van der Waals surface area (Å²) in [6, 6.07) is 23.8. The van der Waals surface area contributed by atoms with E-state index in [0.717, 1.165) is 10.7 Å². The average Bonchev–Trinajstić information content (AvgIpc) is 3.06. The van der Waals surface area contributed by atoms with E-state index < -0.39 is 0 Å². The number of hydrogen-bond acceptors (Lipinski definition) is 2. The summed E-state index contributed by atoms with van der Waals surface area (Å²) in [5.74, 6) is 0. The Kier molecular flexibility index (Phi) is 3.22. The summed E-state index contributed by atoms with van der Waals surface area (Å²) in [6.45, 7) is 4.66. The minimum absolute atomic E-state index is 0.121. The lowest BCUT2D eigenvalue weighted by Crippen LogP contribution is -2.26. The molecule has 6 rings (SSSR count). The second-order valence-electron chi connectivity index (χ2n) is 8.08. The van der Waals surface area contributed by atoms with Crippen molar-refractivity contribution in [3.8, 4) is 0 Å². The van der Waals surface area contributed by atoms with E-state index in [1.165, 1.54) is 47.8 Å². The second-order valence-corrected chi connectivity index (χ2v) is 9.54. The van der Waals surface area contributed by atoms with Crippen LogP contribution in [0.5, 0.6) is 0 Å². The van der Waals surface area contributed by atoms with Gasteiger partial charge < -0.3 is 5.32 Å². The Morgan fingerprint density at radius 3 is 2.39 bits per heavy atom. The molecule has 1 N–H and O–H groups in total. The normalized spacial score (nSPS) is 14.8. The number of hydrogen-bond donors (Lipinski definition) is 1. The van der Waals surface area contributed by atoms with Crippen molar-refractivity contribution in [1.82, 2.24) is 0 Å². The number of thiophene rings is 1. The van der Waals surface area contributed by atoms with E-state index in [9.17, 15) is 0 Å². The first-order chi connectivity index (χ1) is 13.5. The highest BCUT2D eigenvalue weighted by atomic mass is 35.5. The minimum Gasteiger partial charge on any atom is -0.355 e. The van der Waals surface area contributed by atoms with Gasteiger partial charge >= 0.3 is 0 Å². The van der Waals surface area contributed by atoms with Crippen LogP contribution >= 0.6 is 22.9 Å². The van der Waals surface area contributed by atoms with E-state index in [2.05, 4.69) is 85.9 Å². The molecule has 0 bridgehead atoms. The lowest BCUT2D eigenvalue weighted by Gasteiger charge is -2.36.